The van der Waals surface area contributed by atoms with Crippen molar-refractivity contribution in [3.63, 3.8) is 0 Å². The number of benzene rings is 1. The summed E-state index contributed by atoms with van der Waals surface area (Å²) in [5.41, 5.74) is 3.71. The van der Waals surface area contributed by atoms with Gasteiger partial charge in [-0.15, -0.1) is 11.3 Å². The molecular formula is C18H20N2O2S. The maximum Gasteiger partial charge on any atom is 0.354 e. The SMILES string of the molecule is CCOC(=O)c1cc2sc(-c3ccc(C(C)(C)C)cc3)nc2[nH]1. The molecular weight excluding hydrogens is 308 g/mol. The number of H-pyrrole nitrogens is 1. The number of esters is 1. The van der Waals surface area contributed by atoms with Gasteiger partial charge in [0.25, 0.3) is 0 Å². The third kappa shape index (κ3) is 3.15. The van der Waals surface area contributed by atoms with Crippen molar-refractivity contribution in [2.75, 3.05) is 6.61 Å². The topological polar surface area (TPSA) is 55.0 Å². The Hall–Kier alpha value is -2.14. The summed E-state index contributed by atoms with van der Waals surface area (Å²) in [7, 11) is 0. The van der Waals surface area contributed by atoms with E-state index in [9.17, 15) is 4.79 Å². The minimum absolute atomic E-state index is 0.141. The molecule has 0 aliphatic rings. The molecule has 1 N–H and O–H groups in total. The number of nitrogens with zero attached hydrogens (tertiary/aromatic N) is 1. The number of hydrogen-bond acceptors (Lipinski definition) is 4. The van der Waals surface area contributed by atoms with Gasteiger partial charge in [-0.05, 0) is 24.0 Å². The smallest absolute Gasteiger partial charge is 0.354 e. The van der Waals surface area contributed by atoms with Gasteiger partial charge in [-0.3, -0.25) is 0 Å². The fourth-order valence-corrected chi connectivity index (χ4v) is 3.34. The average Bonchev–Trinajstić information content (AvgIpc) is 3.05. The van der Waals surface area contributed by atoms with Crippen molar-refractivity contribution in [3.05, 3.63) is 41.6 Å². The zero-order chi connectivity index (χ0) is 16.6. The summed E-state index contributed by atoms with van der Waals surface area (Å²) in [5, 5.41) is 0.946. The number of fused-ring (bicyclic) bond motifs is 1. The summed E-state index contributed by atoms with van der Waals surface area (Å²) in [6, 6.07) is 10.3. The fourth-order valence-electron chi connectivity index (χ4n) is 2.37. The monoisotopic (exact) mass is 328 g/mol. The van der Waals surface area contributed by atoms with E-state index in [0.29, 0.717) is 12.3 Å². The predicted molar refractivity (Wildman–Crippen MR) is 94.1 cm³/mol. The number of carbonyl (C=O) groups is 1. The molecule has 0 saturated carbocycles. The molecule has 0 saturated heterocycles. The fraction of sp³-hybridized carbons (Fsp3) is 0.333. The lowest BCUT2D eigenvalue weighted by Crippen LogP contribution is -2.10. The molecule has 0 fully saturated rings. The van der Waals surface area contributed by atoms with E-state index >= 15 is 0 Å². The Labute approximate surface area is 139 Å². The molecule has 23 heavy (non-hydrogen) atoms. The van der Waals surface area contributed by atoms with Crippen LogP contribution in [0.4, 0.5) is 0 Å². The van der Waals surface area contributed by atoms with Crippen molar-refractivity contribution in [2.24, 2.45) is 0 Å². The second-order valence-electron chi connectivity index (χ2n) is 6.46. The Morgan fingerprint density at radius 2 is 1.96 bits per heavy atom. The first-order valence-electron chi connectivity index (χ1n) is 7.66. The number of carbonyl (C=O) groups excluding carboxylic acids is 1. The van der Waals surface area contributed by atoms with Crippen molar-refractivity contribution in [1.29, 1.82) is 0 Å². The highest BCUT2D eigenvalue weighted by Gasteiger charge is 2.16. The molecule has 3 rings (SSSR count). The normalized spacial score (nSPS) is 11.8. The van der Waals surface area contributed by atoms with E-state index in [1.165, 1.54) is 5.56 Å². The molecule has 0 spiro atoms. The van der Waals surface area contributed by atoms with Crippen LogP contribution in [0.15, 0.2) is 30.3 Å². The molecule has 0 atom stereocenters. The van der Waals surface area contributed by atoms with Gasteiger partial charge in [-0.25, -0.2) is 9.78 Å². The third-order valence-corrected chi connectivity index (χ3v) is 4.73. The molecule has 4 nitrogen and oxygen atoms in total. The van der Waals surface area contributed by atoms with E-state index in [4.69, 9.17) is 4.74 Å². The van der Waals surface area contributed by atoms with Gasteiger partial charge < -0.3 is 9.72 Å². The molecule has 0 unspecified atom stereocenters. The van der Waals surface area contributed by atoms with Crippen molar-refractivity contribution in [2.45, 2.75) is 33.1 Å². The van der Waals surface area contributed by atoms with Crippen molar-refractivity contribution in [1.82, 2.24) is 9.97 Å². The van der Waals surface area contributed by atoms with Crippen LogP contribution < -0.4 is 0 Å². The summed E-state index contributed by atoms with van der Waals surface area (Å²) < 4.78 is 5.95. The van der Waals surface area contributed by atoms with Crippen LogP contribution in [-0.4, -0.2) is 22.5 Å². The van der Waals surface area contributed by atoms with Crippen LogP contribution in [0, 0.1) is 0 Å². The highest BCUT2D eigenvalue weighted by molar-refractivity contribution is 7.21. The number of ether oxygens (including phenoxy) is 1. The molecule has 0 bridgehead atoms. The minimum Gasteiger partial charge on any atom is -0.461 e. The van der Waals surface area contributed by atoms with E-state index < -0.39 is 0 Å². The maximum absolute atomic E-state index is 11.7. The summed E-state index contributed by atoms with van der Waals surface area (Å²) in [5.74, 6) is -0.339. The first kappa shape index (κ1) is 15.7. The van der Waals surface area contributed by atoms with E-state index in [1.807, 2.05) is 0 Å². The van der Waals surface area contributed by atoms with Gasteiger partial charge in [0.05, 0.1) is 11.3 Å². The molecule has 0 radical (unpaired) electrons. The summed E-state index contributed by atoms with van der Waals surface area (Å²) in [4.78, 5) is 19.3. The molecule has 0 aliphatic carbocycles. The summed E-state index contributed by atoms with van der Waals surface area (Å²) >= 11 is 1.57. The van der Waals surface area contributed by atoms with E-state index in [-0.39, 0.29) is 11.4 Å². The van der Waals surface area contributed by atoms with Crippen LogP contribution >= 0.6 is 11.3 Å². The Morgan fingerprint density at radius 1 is 1.26 bits per heavy atom. The van der Waals surface area contributed by atoms with Gasteiger partial charge in [0.1, 0.15) is 16.3 Å². The first-order valence-corrected chi connectivity index (χ1v) is 8.47. The quantitative estimate of drug-likeness (QED) is 0.705. The molecule has 5 heteroatoms. The predicted octanol–water partition coefficient (Wildman–Crippen LogP) is 4.77. The zero-order valence-electron chi connectivity index (χ0n) is 13.8. The highest BCUT2D eigenvalue weighted by Crippen LogP contribution is 2.32. The van der Waals surface area contributed by atoms with E-state index in [0.717, 1.165) is 20.9 Å². The van der Waals surface area contributed by atoms with Gasteiger partial charge in [-0.2, -0.15) is 0 Å². The minimum atomic E-state index is -0.339. The summed E-state index contributed by atoms with van der Waals surface area (Å²) in [6.45, 7) is 8.76. The van der Waals surface area contributed by atoms with Gasteiger partial charge in [0, 0.05) is 5.56 Å². The van der Waals surface area contributed by atoms with Crippen LogP contribution in [-0.2, 0) is 10.2 Å². The third-order valence-electron chi connectivity index (χ3n) is 3.68. The van der Waals surface area contributed by atoms with Crippen molar-refractivity contribution < 1.29 is 9.53 Å². The lowest BCUT2D eigenvalue weighted by molar-refractivity contribution is 0.0520. The van der Waals surface area contributed by atoms with Gasteiger partial charge in [-0.1, -0.05) is 45.0 Å². The van der Waals surface area contributed by atoms with E-state index in [2.05, 4.69) is 55.0 Å². The van der Waals surface area contributed by atoms with Crippen LogP contribution in [0.2, 0.25) is 0 Å². The number of thiazole rings is 1. The lowest BCUT2D eigenvalue weighted by Gasteiger charge is -2.18. The Balaban J connectivity index is 1.89. The molecule has 2 heterocycles. The van der Waals surface area contributed by atoms with Crippen LogP contribution in [0.5, 0.6) is 0 Å². The number of aromatic amines is 1. The van der Waals surface area contributed by atoms with Crippen molar-refractivity contribution >= 4 is 27.7 Å². The number of nitrogens with one attached hydrogen (secondary N) is 1. The second kappa shape index (κ2) is 5.81. The van der Waals surface area contributed by atoms with Gasteiger partial charge in [0.15, 0.2) is 0 Å². The van der Waals surface area contributed by atoms with Gasteiger partial charge in [0.2, 0.25) is 0 Å². The highest BCUT2D eigenvalue weighted by atomic mass is 32.1. The molecule has 0 amide bonds. The number of rotatable bonds is 3. The number of hydrogen-bond donors (Lipinski definition) is 1. The molecule has 1 aromatic carbocycles. The average molecular weight is 328 g/mol. The summed E-state index contributed by atoms with van der Waals surface area (Å²) in [6.07, 6.45) is 0. The Bertz CT molecular complexity index is 807. The first-order chi connectivity index (χ1) is 10.9. The van der Waals surface area contributed by atoms with E-state index in [1.54, 1.807) is 24.3 Å². The van der Waals surface area contributed by atoms with Gasteiger partial charge >= 0.3 is 5.97 Å². The van der Waals surface area contributed by atoms with Crippen molar-refractivity contribution in [3.8, 4) is 10.6 Å². The molecule has 2 aromatic heterocycles. The maximum atomic E-state index is 11.7. The Morgan fingerprint density at radius 3 is 2.52 bits per heavy atom. The van der Waals surface area contributed by atoms with Crippen LogP contribution in [0.3, 0.4) is 0 Å². The lowest BCUT2D eigenvalue weighted by atomic mass is 9.87. The van der Waals surface area contributed by atoms with Crippen LogP contribution in [0.1, 0.15) is 43.7 Å². The molecule has 120 valence electrons. The second-order valence-corrected chi connectivity index (χ2v) is 7.49. The molecule has 3 aromatic rings. The Kier molecular flexibility index (Phi) is 3.98. The largest absolute Gasteiger partial charge is 0.461 e. The standard InChI is InChI=1S/C18H20N2O2S/c1-5-22-17(21)13-10-14-15(19-13)20-16(23-14)11-6-8-12(9-7-11)18(2,3)4/h6-10,19H,5H2,1-4H3. The number of aromatic nitrogens is 2. The van der Waals surface area contributed by atoms with Crippen LogP contribution in [0.25, 0.3) is 20.9 Å². The zero-order valence-corrected chi connectivity index (χ0v) is 14.6. The molecule has 0 aliphatic heterocycles.